The lowest BCUT2D eigenvalue weighted by Gasteiger charge is -2.36. The first kappa shape index (κ1) is 21.4. The number of amides is 3. The van der Waals surface area contributed by atoms with Gasteiger partial charge in [-0.3, -0.25) is 9.59 Å². The van der Waals surface area contributed by atoms with E-state index in [9.17, 15) is 14.4 Å². The summed E-state index contributed by atoms with van der Waals surface area (Å²) in [4.78, 5) is 39.7. The van der Waals surface area contributed by atoms with Crippen molar-refractivity contribution in [3.05, 3.63) is 65.2 Å². The van der Waals surface area contributed by atoms with Gasteiger partial charge < -0.3 is 20.4 Å². The Morgan fingerprint density at radius 1 is 0.867 bits per heavy atom. The van der Waals surface area contributed by atoms with Crippen LogP contribution in [0.4, 0.5) is 10.5 Å². The summed E-state index contributed by atoms with van der Waals surface area (Å²) >= 11 is 0. The molecule has 1 fully saturated rings. The third-order valence-electron chi connectivity index (χ3n) is 5.25. The first-order chi connectivity index (χ1) is 14.4. The number of Topliss-reactive ketones (excluding diaryl/α,β-unsaturated/α-hetero) is 1. The molecule has 1 aliphatic heterocycles. The van der Waals surface area contributed by atoms with Crippen molar-refractivity contribution in [3.8, 4) is 0 Å². The molecule has 0 bridgehead atoms. The van der Waals surface area contributed by atoms with E-state index in [1.807, 2.05) is 55.5 Å². The molecule has 2 aromatic rings. The van der Waals surface area contributed by atoms with Gasteiger partial charge in [0.05, 0.1) is 6.54 Å². The molecule has 0 unspecified atom stereocenters. The van der Waals surface area contributed by atoms with Crippen molar-refractivity contribution in [1.82, 2.24) is 15.5 Å². The van der Waals surface area contributed by atoms with Crippen LogP contribution in [0, 0.1) is 6.92 Å². The number of hydrogen-bond acceptors (Lipinski definition) is 4. The highest BCUT2D eigenvalue weighted by Gasteiger charge is 2.21. The minimum Gasteiger partial charge on any atom is -0.368 e. The van der Waals surface area contributed by atoms with Crippen LogP contribution in [0.3, 0.4) is 0 Å². The second-order valence-electron chi connectivity index (χ2n) is 7.49. The van der Waals surface area contributed by atoms with Gasteiger partial charge in [0.15, 0.2) is 5.78 Å². The summed E-state index contributed by atoms with van der Waals surface area (Å²) in [6.45, 7) is 6.58. The number of nitrogens with one attached hydrogen (secondary N) is 2. The molecule has 3 rings (SSSR count). The predicted octanol–water partition coefficient (Wildman–Crippen LogP) is 2.35. The van der Waals surface area contributed by atoms with Crippen LogP contribution in [-0.2, 0) is 11.3 Å². The number of aryl methyl sites for hydroxylation is 1. The topological polar surface area (TPSA) is 81.8 Å². The van der Waals surface area contributed by atoms with Gasteiger partial charge in [-0.2, -0.15) is 0 Å². The fraction of sp³-hybridized carbons (Fsp3) is 0.348. The van der Waals surface area contributed by atoms with Gasteiger partial charge in [0.25, 0.3) is 0 Å². The molecule has 0 atom stereocenters. The fourth-order valence-corrected chi connectivity index (χ4v) is 3.34. The second-order valence-corrected chi connectivity index (χ2v) is 7.49. The van der Waals surface area contributed by atoms with Crippen LogP contribution in [0.1, 0.15) is 28.4 Å². The van der Waals surface area contributed by atoms with Crippen LogP contribution in [-0.4, -0.2) is 55.3 Å². The summed E-state index contributed by atoms with van der Waals surface area (Å²) in [7, 11) is 0. The van der Waals surface area contributed by atoms with E-state index >= 15 is 0 Å². The molecule has 0 saturated carbocycles. The van der Waals surface area contributed by atoms with Crippen LogP contribution in [0.2, 0.25) is 0 Å². The molecule has 7 heteroatoms. The lowest BCUT2D eigenvalue weighted by Crippen LogP contribution is -2.52. The Morgan fingerprint density at radius 2 is 1.50 bits per heavy atom. The largest absolute Gasteiger partial charge is 0.368 e. The van der Waals surface area contributed by atoms with Gasteiger partial charge in [-0.15, -0.1) is 0 Å². The van der Waals surface area contributed by atoms with Crippen LogP contribution >= 0.6 is 0 Å². The highest BCUT2D eigenvalue weighted by Crippen LogP contribution is 2.17. The lowest BCUT2D eigenvalue weighted by atomic mass is 10.1. The van der Waals surface area contributed by atoms with E-state index in [1.165, 1.54) is 5.56 Å². The summed E-state index contributed by atoms with van der Waals surface area (Å²) in [5.74, 6) is -0.0422. The van der Waals surface area contributed by atoms with Crippen LogP contribution in [0.15, 0.2) is 48.5 Å². The highest BCUT2D eigenvalue weighted by atomic mass is 16.2. The first-order valence-electron chi connectivity index (χ1n) is 10.1. The molecule has 0 spiro atoms. The zero-order valence-electron chi connectivity index (χ0n) is 17.5. The molecule has 0 aromatic heterocycles. The quantitative estimate of drug-likeness (QED) is 0.719. The van der Waals surface area contributed by atoms with Crippen molar-refractivity contribution in [2.75, 3.05) is 37.6 Å². The van der Waals surface area contributed by atoms with Gasteiger partial charge in [0, 0.05) is 44.0 Å². The number of piperazine rings is 1. The summed E-state index contributed by atoms with van der Waals surface area (Å²) in [6.07, 6.45) is 0. The number of benzene rings is 2. The lowest BCUT2D eigenvalue weighted by molar-refractivity contribution is -0.130. The predicted molar refractivity (Wildman–Crippen MR) is 117 cm³/mol. The first-order valence-corrected chi connectivity index (χ1v) is 10.1. The molecule has 0 radical (unpaired) electrons. The average Bonchev–Trinajstić information content (AvgIpc) is 2.77. The Kier molecular flexibility index (Phi) is 7.06. The van der Waals surface area contributed by atoms with Crippen LogP contribution < -0.4 is 15.5 Å². The van der Waals surface area contributed by atoms with E-state index in [2.05, 4.69) is 15.5 Å². The Balaban J connectivity index is 1.39. The zero-order valence-corrected chi connectivity index (χ0v) is 17.5. The summed E-state index contributed by atoms with van der Waals surface area (Å²) in [6, 6.07) is 15.1. The molecule has 30 heavy (non-hydrogen) atoms. The molecular formula is C23H28N4O3. The van der Waals surface area contributed by atoms with Gasteiger partial charge in [0.2, 0.25) is 5.91 Å². The molecule has 158 valence electrons. The van der Waals surface area contributed by atoms with Crippen LogP contribution in [0.5, 0.6) is 0 Å². The van der Waals surface area contributed by atoms with Gasteiger partial charge in [-0.25, -0.2) is 4.79 Å². The SMILES string of the molecule is CC(=O)c1ccc(N2CCN(C(=O)CNC(=O)NCc3ccc(C)cc3)CC2)cc1. The van der Waals surface area contributed by atoms with Crippen molar-refractivity contribution < 1.29 is 14.4 Å². The van der Waals surface area contributed by atoms with Crippen molar-refractivity contribution >= 4 is 23.4 Å². The van der Waals surface area contributed by atoms with E-state index in [4.69, 9.17) is 0 Å². The molecule has 1 saturated heterocycles. The summed E-state index contributed by atoms with van der Waals surface area (Å²) in [5, 5.41) is 5.40. The second kappa shape index (κ2) is 9.91. The molecular weight excluding hydrogens is 380 g/mol. The Bertz CT molecular complexity index is 886. The average molecular weight is 409 g/mol. The maximum atomic E-state index is 12.4. The molecule has 1 aliphatic rings. The monoisotopic (exact) mass is 408 g/mol. The third-order valence-corrected chi connectivity index (χ3v) is 5.25. The maximum absolute atomic E-state index is 12.4. The normalized spacial score (nSPS) is 13.7. The third kappa shape index (κ3) is 5.83. The Hall–Kier alpha value is -3.35. The van der Waals surface area contributed by atoms with Gasteiger partial charge >= 0.3 is 6.03 Å². The number of hydrogen-bond donors (Lipinski definition) is 2. The molecule has 7 nitrogen and oxygen atoms in total. The number of nitrogens with zero attached hydrogens (tertiary/aromatic N) is 2. The molecule has 1 heterocycles. The van der Waals surface area contributed by atoms with Crippen LogP contribution in [0.25, 0.3) is 0 Å². The van der Waals surface area contributed by atoms with Crippen molar-refractivity contribution in [3.63, 3.8) is 0 Å². The Morgan fingerprint density at radius 3 is 2.10 bits per heavy atom. The van der Waals surface area contributed by atoms with E-state index in [-0.39, 0.29) is 24.3 Å². The number of anilines is 1. The molecule has 2 aromatic carbocycles. The Labute approximate surface area is 177 Å². The highest BCUT2D eigenvalue weighted by molar-refractivity contribution is 5.94. The van der Waals surface area contributed by atoms with Gasteiger partial charge in [0.1, 0.15) is 0 Å². The van der Waals surface area contributed by atoms with Crippen molar-refractivity contribution in [1.29, 1.82) is 0 Å². The zero-order chi connectivity index (χ0) is 21.5. The smallest absolute Gasteiger partial charge is 0.315 e. The van der Waals surface area contributed by atoms with Gasteiger partial charge in [-0.1, -0.05) is 29.8 Å². The number of ketones is 1. The van der Waals surface area contributed by atoms with Crippen molar-refractivity contribution in [2.24, 2.45) is 0 Å². The summed E-state index contributed by atoms with van der Waals surface area (Å²) < 4.78 is 0. The molecule has 2 N–H and O–H groups in total. The minimum absolute atomic E-state index is 0.0208. The standard InChI is InChI=1S/C23H28N4O3/c1-17-3-5-19(6-4-17)15-24-23(30)25-16-22(29)27-13-11-26(12-14-27)21-9-7-20(8-10-21)18(2)28/h3-10H,11-16H2,1-2H3,(H2,24,25,30). The number of carbonyl (C=O) groups excluding carboxylic acids is 3. The fourth-order valence-electron chi connectivity index (χ4n) is 3.34. The molecule has 3 amide bonds. The van der Waals surface area contributed by atoms with Crippen molar-refractivity contribution in [2.45, 2.75) is 20.4 Å². The van der Waals surface area contributed by atoms with Gasteiger partial charge in [-0.05, 0) is 43.7 Å². The minimum atomic E-state index is -0.354. The van der Waals surface area contributed by atoms with E-state index in [0.717, 1.165) is 11.3 Å². The number of urea groups is 1. The summed E-state index contributed by atoms with van der Waals surface area (Å²) in [5.41, 5.74) is 3.91. The maximum Gasteiger partial charge on any atom is 0.315 e. The van der Waals surface area contributed by atoms with E-state index < -0.39 is 0 Å². The molecule has 0 aliphatic carbocycles. The van der Waals surface area contributed by atoms with E-state index in [1.54, 1.807) is 11.8 Å². The number of carbonyl (C=O) groups is 3. The number of rotatable bonds is 6. The van der Waals surface area contributed by atoms with E-state index in [0.29, 0.717) is 38.3 Å².